The van der Waals surface area contributed by atoms with Crippen molar-refractivity contribution < 1.29 is 4.39 Å². The molecule has 4 heteroatoms. The summed E-state index contributed by atoms with van der Waals surface area (Å²) < 4.78 is 13.8. The lowest BCUT2D eigenvalue weighted by atomic mass is 10.1. The van der Waals surface area contributed by atoms with E-state index in [1.165, 1.54) is 27.5 Å². The summed E-state index contributed by atoms with van der Waals surface area (Å²) in [5, 5.41) is 3.48. The van der Waals surface area contributed by atoms with Crippen molar-refractivity contribution in [3.8, 4) is 0 Å². The van der Waals surface area contributed by atoms with Gasteiger partial charge in [-0.25, -0.2) is 4.39 Å². The van der Waals surface area contributed by atoms with Gasteiger partial charge in [-0.1, -0.05) is 22.0 Å². The number of benzene rings is 1. The summed E-state index contributed by atoms with van der Waals surface area (Å²) >= 11 is 5.22. The van der Waals surface area contributed by atoms with E-state index in [4.69, 9.17) is 0 Å². The van der Waals surface area contributed by atoms with Gasteiger partial charge in [0.2, 0.25) is 0 Å². The standard InChI is InChI=1S/C15H17BrFNS/c1-9-6-14(11(3)19-9)10(2)18-8-12-4-5-13(17)7-15(12)16/h4-7,10,18H,8H2,1-3H3. The number of hydrogen-bond donors (Lipinski definition) is 1. The summed E-state index contributed by atoms with van der Waals surface area (Å²) in [5.41, 5.74) is 2.42. The molecule has 102 valence electrons. The van der Waals surface area contributed by atoms with Crippen LogP contribution in [0.15, 0.2) is 28.7 Å². The van der Waals surface area contributed by atoms with Crippen LogP contribution in [-0.4, -0.2) is 0 Å². The highest BCUT2D eigenvalue weighted by molar-refractivity contribution is 9.10. The fourth-order valence-corrected chi connectivity index (χ4v) is 3.63. The van der Waals surface area contributed by atoms with E-state index in [1.807, 2.05) is 17.4 Å². The molecule has 0 amide bonds. The van der Waals surface area contributed by atoms with Gasteiger partial charge in [-0.2, -0.15) is 0 Å². The number of thiophene rings is 1. The average Bonchev–Trinajstić information content (AvgIpc) is 2.67. The molecule has 1 aromatic heterocycles. The third kappa shape index (κ3) is 3.65. The fourth-order valence-electron chi connectivity index (χ4n) is 2.12. The van der Waals surface area contributed by atoms with Crippen molar-refractivity contribution in [2.75, 3.05) is 0 Å². The molecule has 2 rings (SSSR count). The molecule has 1 nitrogen and oxygen atoms in total. The zero-order chi connectivity index (χ0) is 14.0. The van der Waals surface area contributed by atoms with Crippen molar-refractivity contribution >= 4 is 27.3 Å². The molecule has 1 unspecified atom stereocenters. The van der Waals surface area contributed by atoms with Crippen LogP contribution in [0.5, 0.6) is 0 Å². The van der Waals surface area contributed by atoms with E-state index in [1.54, 1.807) is 0 Å². The van der Waals surface area contributed by atoms with Gasteiger partial charge in [0.15, 0.2) is 0 Å². The molecule has 0 aliphatic carbocycles. The van der Waals surface area contributed by atoms with Crippen molar-refractivity contribution in [3.63, 3.8) is 0 Å². The Morgan fingerprint density at radius 1 is 1.32 bits per heavy atom. The van der Waals surface area contributed by atoms with Gasteiger partial charge in [0, 0.05) is 26.8 Å². The van der Waals surface area contributed by atoms with Crippen LogP contribution in [0, 0.1) is 19.7 Å². The second kappa shape index (κ2) is 6.16. The summed E-state index contributed by atoms with van der Waals surface area (Å²) in [6.45, 7) is 7.16. The van der Waals surface area contributed by atoms with Crippen molar-refractivity contribution in [2.45, 2.75) is 33.4 Å². The zero-order valence-electron chi connectivity index (χ0n) is 11.3. The van der Waals surface area contributed by atoms with Crippen LogP contribution in [-0.2, 0) is 6.54 Å². The molecule has 0 fully saturated rings. The predicted octanol–water partition coefficient (Wildman–Crippen LogP) is 5.12. The minimum atomic E-state index is -0.215. The van der Waals surface area contributed by atoms with E-state index in [-0.39, 0.29) is 5.82 Å². The highest BCUT2D eigenvalue weighted by Crippen LogP contribution is 2.27. The van der Waals surface area contributed by atoms with E-state index in [9.17, 15) is 4.39 Å². The van der Waals surface area contributed by atoms with Crippen LogP contribution >= 0.6 is 27.3 Å². The Hall–Kier alpha value is -0.710. The van der Waals surface area contributed by atoms with Crippen LogP contribution in [0.25, 0.3) is 0 Å². The molecule has 1 N–H and O–H groups in total. The Balaban J connectivity index is 2.04. The first kappa shape index (κ1) is 14.7. The van der Waals surface area contributed by atoms with Crippen LogP contribution < -0.4 is 5.32 Å². The predicted molar refractivity (Wildman–Crippen MR) is 83.1 cm³/mol. The van der Waals surface area contributed by atoms with E-state index in [2.05, 4.69) is 48.1 Å². The maximum absolute atomic E-state index is 13.0. The topological polar surface area (TPSA) is 12.0 Å². The van der Waals surface area contributed by atoms with Crippen molar-refractivity contribution in [3.05, 3.63) is 55.4 Å². The third-order valence-corrected chi connectivity index (χ3v) is 4.88. The molecule has 1 heterocycles. The van der Waals surface area contributed by atoms with Gasteiger partial charge in [-0.3, -0.25) is 0 Å². The van der Waals surface area contributed by atoms with Crippen molar-refractivity contribution in [1.29, 1.82) is 0 Å². The molecule has 0 saturated carbocycles. The van der Waals surface area contributed by atoms with Gasteiger partial charge in [0.1, 0.15) is 5.82 Å². The van der Waals surface area contributed by atoms with Crippen LogP contribution in [0.4, 0.5) is 4.39 Å². The van der Waals surface area contributed by atoms with Gasteiger partial charge in [0.25, 0.3) is 0 Å². The van der Waals surface area contributed by atoms with Gasteiger partial charge in [-0.05, 0) is 50.1 Å². The minimum Gasteiger partial charge on any atom is -0.306 e. The van der Waals surface area contributed by atoms with Crippen LogP contribution in [0.3, 0.4) is 0 Å². The molecule has 1 aromatic carbocycles. The lowest BCUT2D eigenvalue weighted by Crippen LogP contribution is -2.18. The SMILES string of the molecule is Cc1cc(C(C)NCc2ccc(F)cc2Br)c(C)s1. The molecule has 0 aliphatic heterocycles. The Labute approximate surface area is 126 Å². The molecule has 1 atom stereocenters. The Kier molecular flexibility index (Phi) is 4.76. The van der Waals surface area contributed by atoms with E-state index >= 15 is 0 Å². The number of halogens is 2. The molecular weight excluding hydrogens is 325 g/mol. The number of hydrogen-bond acceptors (Lipinski definition) is 2. The van der Waals surface area contributed by atoms with Gasteiger partial charge in [-0.15, -0.1) is 11.3 Å². The normalized spacial score (nSPS) is 12.7. The molecular formula is C15H17BrFNS. The maximum atomic E-state index is 13.0. The summed E-state index contributed by atoms with van der Waals surface area (Å²) in [6, 6.07) is 7.33. The largest absolute Gasteiger partial charge is 0.306 e. The zero-order valence-corrected chi connectivity index (χ0v) is 13.7. The fraction of sp³-hybridized carbons (Fsp3) is 0.333. The van der Waals surface area contributed by atoms with Gasteiger partial charge < -0.3 is 5.32 Å². The first-order chi connectivity index (χ1) is 8.97. The number of rotatable bonds is 4. The highest BCUT2D eigenvalue weighted by Gasteiger charge is 2.11. The smallest absolute Gasteiger partial charge is 0.124 e. The molecule has 2 aromatic rings. The van der Waals surface area contributed by atoms with Crippen LogP contribution in [0.1, 0.15) is 33.8 Å². The Morgan fingerprint density at radius 2 is 2.05 bits per heavy atom. The first-order valence-electron chi connectivity index (χ1n) is 6.21. The molecule has 19 heavy (non-hydrogen) atoms. The monoisotopic (exact) mass is 341 g/mol. The summed E-state index contributed by atoms with van der Waals surface area (Å²) in [5.74, 6) is -0.215. The second-order valence-corrected chi connectivity index (χ2v) is 7.02. The van der Waals surface area contributed by atoms with E-state index < -0.39 is 0 Å². The molecule has 0 radical (unpaired) electrons. The summed E-state index contributed by atoms with van der Waals surface area (Å²) in [7, 11) is 0. The summed E-state index contributed by atoms with van der Waals surface area (Å²) in [6.07, 6.45) is 0. The Bertz CT molecular complexity index is 580. The third-order valence-electron chi connectivity index (χ3n) is 3.16. The van der Waals surface area contributed by atoms with Crippen molar-refractivity contribution in [2.24, 2.45) is 0 Å². The first-order valence-corrected chi connectivity index (χ1v) is 7.82. The molecule has 0 aliphatic rings. The Morgan fingerprint density at radius 3 is 2.63 bits per heavy atom. The number of nitrogens with one attached hydrogen (secondary N) is 1. The maximum Gasteiger partial charge on any atom is 0.124 e. The summed E-state index contributed by atoms with van der Waals surface area (Å²) in [4.78, 5) is 2.69. The van der Waals surface area contributed by atoms with E-state index in [0.717, 1.165) is 16.6 Å². The van der Waals surface area contributed by atoms with E-state index in [0.29, 0.717) is 6.04 Å². The van der Waals surface area contributed by atoms with Gasteiger partial charge in [0.05, 0.1) is 0 Å². The average molecular weight is 342 g/mol. The number of aryl methyl sites for hydroxylation is 2. The minimum absolute atomic E-state index is 0.215. The molecule has 0 spiro atoms. The molecule has 0 saturated heterocycles. The molecule has 0 bridgehead atoms. The van der Waals surface area contributed by atoms with Crippen LogP contribution in [0.2, 0.25) is 0 Å². The second-order valence-electron chi connectivity index (χ2n) is 4.71. The highest BCUT2D eigenvalue weighted by atomic mass is 79.9. The van der Waals surface area contributed by atoms with Crippen molar-refractivity contribution in [1.82, 2.24) is 5.32 Å². The lowest BCUT2D eigenvalue weighted by Gasteiger charge is -2.14. The quantitative estimate of drug-likeness (QED) is 0.813. The lowest BCUT2D eigenvalue weighted by molar-refractivity contribution is 0.571. The van der Waals surface area contributed by atoms with Gasteiger partial charge >= 0.3 is 0 Å².